The van der Waals surface area contributed by atoms with Gasteiger partial charge in [0.25, 0.3) is 5.91 Å². The Balaban J connectivity index is 1.93. The van der Waals surface area contributed by atoms with E-state index >= 15 is 0 Å². The Bertz CT molecular complexity index is 991. The summed E-state index contributed by atoms with van der Waals surface area (Å²) in [7, 11) is 1.23. The first-order valence-electron chi connectivity index (χ1n) is 8.97. The molecular weight excluding hydrogens is 394 g/mol. The fourth-order valence-electron chi connectivity index (χ4n) is 2.87. The Hall–Kier alpha value is -4.08. The molecule has 156 valence electrons. The van der Waals surface area contributed by atoms with Gasteiger partial charge in [-0.3, -0.25) is 19.7 Å². The highest BCUT2D eigenvalue weighted by molar-refractivity contribution is 6.11. The smallest absolute Gasteiger partial charge is 0.409 e. The number of methoxy groups -OCH3 is 1. The SMILES string of the molecule is COC(=O)CC[C@H]1NC(=O)c2cc(Oc3ccccc3)c(NC(=O)O)cc2NC1=O. The summed E-state index contributed by atoms with van der Waals surface area (Å²) in [5, 5.41) is 16.5. The zero-order valence-electron chi connectivity index (χ0n) is 15.9. The number of carbonyl (C=O) groups is 4. The average molecular weight is 413 g/mol. The number of para-hydroxylation sites is 1. The number of anilines is 2. The molecular formula is C20H19N3O7. The number of nitrogens with one attached hydrogen (secondary N) is 3. The zero-order chi connectivity index (χ0) is 21.7. The Labute approximate surface area is 171 Å². The third kappa shape index (κ3) is 4.85. The van der Waals surface area contributed by atoms with Crippen molar-refractivity contribution in [1.82, 2.24) is 5.32 Å². The van der Waals surface area contributed by atoms with E-state index in [1.54, 1.807) is 30.3 Å². The van der Waals surface area contributed by atoms with Crippen molar-refractivity contribution in [2.45, 2.75) is 18.9 Å². The third-order valence-electron chi connectivity index (χ3n) is 4.32. The highest BCUT2D eigenvalue weighted by atomic mass is 16.5. The topological polar surface area (TPSA) is 143 Å². The largest absolute Gasteiger partial charge is 0.469 e. The third-order valence-corrected chi connectivity index (χ3v) is 4.32. The molecule has 0 bridgehead atoms. The van der Waals surface area contributed by atoms with Crippen molar-refractivity contribution >= 4 is 35.3 Å². The molecule has 0 aliphatic carbocycles. The maximum Gasteiger partial charge on any atom is 0.409 e. The highest BCUT2D eigenvalue weighted by Gasteiger charge is 2.30. The number of ether oxygens (including phenoxy) is 2. The molecule has 0 spiro atoms. The van der Waals surface area contributed by atoms with Gasteiger partial charge < -0.3 is 25.2 Å². The Morgan fingerprint density at radius 3 is 2.57 bits per heavy atom. The molecule has 4 N–H and O–H groups in total. The lowest BCUT2D eigenvalue weighted by Gasteiger charge is -2.14. The first-order valence-corrected chi connectivity index (χ1v) is 8.97. The number of rotatable bonds is 6. The van der Waals surface area contributed by atoms with E-state index in [-0.39, 0.29) is 35.5 Å². The fraction of sp³-hybridized carbons (Fsp3) is 0.200. The van der Waals surface area contributed by atoms with Gasteiger partial charge in [0.15, 0.2) is 5.75 Å². The number of carboxylic acid groups (broad SMARTS) is 1. The van der Waals surface area contributed by atoms with Crippen molar-refractivity contribution in [2.75, 3.05) is 17.7 Å². The molecule has 2 aromatic carbocycles. The molecule has 3 rings (SSSR count). The van der Waals surface area contributed by atoms with Crippen molar-refractivity contribution < 1.29 is 33.8 Å². The molecule has 0 fully saturated rings. The molecule has 0 radical (unpaired) electrons. The predicted octanol–water partition coefficient (Wildman–Crippen LogP) is 2.57. The zero-order valence-corrected chi connectivity index (χ0v) is 15.9. The van der Waals surface area contributed by atoms with E-state index < -0.39 is 29.9 Å². The van der Waals surface area contributed by atoms with Crippen LogP contribution in [-0.4, -0.2) is 42.1 Å². The molecule has 3 amide bonds. The second-order valence-electron chi connectivity index (χ2n) is 6.37. The van der Waals surface area contributed by atoms with Gasteiger partial charge in [-0.05, 0) is 30.7 Å². The Morgan fingerprint density at radius 2 is 1.90 bits per heavy atom. The molecule has 0 unspecified atom stereocenters. The number of benzene rings is 2. The number of carbonyl (C=O) groups excluding carboxylic acids is 3. The molecule has 1 aliphatic rings. The minimum Gasteiger partial charge on any atom is -0.469 e. The van der Waals surface area contributed by atoms with E-state index in [0.29, 0.717) is 5.75 Å². The summed E-state index contributed by atoms with van der Waals surface area (Å²) in [4.78, 5) is 47.7. The van der Waals surface area contributed by atoms with Crippen LogP contribution in [0.2, 0.25) is 0 Å². The second kappa shape index (κ2) is 8.95. The Morgan fingerprint density at radius 1 is 1.17 bits per heavy atom. The molecule has 2 aromatic rings. The van der Waals surface area contributed by atoms with Crippen LogP contribution in [0.5, 0.6) is 11.5 Å². The first kappa shape index (κ1) is 20.6. The van der Waals surface area contributed by atoms with Gasteiger partial charge in [-0.2, -0.15) is 0 Å². The number of hydrogen-bond acceptors (Lipinski definition) is 6. The normalized spacial score (nSPS) is 15.2. The fourth-order valence-corrected chi connectivity index (χ4v) is 2.87. The van der Waals surface area contributed by atoms with Gasteiger partial charge in [-0.15, -0.1) is 0 Å². The monoisotopic (exact) mass is 413 g/mol. The number of fused-ring (bicyclic) bond motifs is 1. The molecule has 1 aliphatic heterocycles. The van der Waals surface area contributed by atoms with Crippen molar-refractivity contribution in [3.8, 4) is 11.5 Å². The van der Waals surface area contributed by atoms with Gasteiger partial charge in [0.05, 0.1) is 24.0 Å². The summed E-state index contributed by atoms with van der Waals surface area (Å²) >= 11 is 0. The minimum absolute atomic E-state index is 0.0474. The highest BCUT2D eigenvalue weighted by Crippen LogP contribution is 2.36. The minimum atomic E-state index is -1.34. The molecule has 1 atom stereocenters. The molecule has 0 saturated carbocycles. The lowest BCUT2D eigenvalue weighted by Crippen LogP contribution is -2.41. The van der Waals surface area contributed by atoms with Crippen LogP contribution in [-0.2, 0) is 14.3 Å². The summed E-state index contributed by atoms with van der Waals surface area (Å²) < 4.78 is 10.3. The van der Waals surface area contributed by atoms with Crippen molar-refractivity contribution in [1.29, 1.82) is 0 Å². The van der Waals surface area contributed by atoms with Crippen LogP contribution in [0.4, 0.5) is 16.2 Å². The van der Waals surface area contributed by atoms with Gasteiger partial charge in [-0.25, -0.2) is 4.79 Å². The molecule has 30 heavy (non-hydrogen) atoms. The lowest BCUT2D eigenvalue weighted by atomic mass is 10.1. The summed E-state index contributed by atoms with van der Waals surface area (Å²) in [5.74, 6) is -1.10. The maximum atomic E-state index is 12.7. The van der Waals surface area contributed by atoms with Crippen LogP contribution in [0, 0.1) is 0 Å². The second-order valence-corrected chi connectivity index (χ2v) is 6.37. The average Bonchev–Trinajstić information content (AvgIpc) is 2.83. The van der Waals surface area contributed by atoms with Gasteiger partial charge in [-0.1, -0.05) is 18.2 Å². The molecule has 0 aromatic heterocycles. The van der Waals surface area contributed by atoms with Gasteiger partial charge in [0, 0.05) is 6.42 Å². The van der Waals surface area contributed by atoms with Gasteiger partial charge >= 0.3 is 12.1 Å². The van der Waals surface area contributed by atoms with E-state index in [4.69, 9.17) is 9.84 Å². The maximum absolute atomic E-state index is 12.7. The van der Waals surface area contributed by atoms with E-state index in [2.05, 4.69) is 20.7 Å². The van der Waals surface area contributed by atoms with Crippen LogP contribution in [0.3, 0.4) is 0 Å². The molecule has 1 heterocycles. The standard InChI is InChI=1S/C20H19N3O7/c1-29-17(24)8-7-13-19(26)22-14-10-15(23-20(27)28)16(9-12(14)18(25)21-13)30-11-5-3-2-4-6-11/h2-6,9-10,13,23H,7-8H2,1H3,(H,21,25)(H,22,26)(H,27,28)/t13-/m1/s1. The number of esters is 1. The summed E-state index contributed by atoms with van der Waals surface area (Å²) in [6.45, 7) is 0. The number of hydrogen-bond donors (Lipinski definition) is 4. The van der Waals surface area contributed by atoms with Crippen LogP contribution in [0.25, 0.3) is 0 Å². The van der Waals surface area contributed by atoms with Crippen LogP contribution >= 0.6 is 0 Å². The summed E-state index contributed by atoms with van der Waals surface area (Å²) in [6, 6.07) is 10.3. The van der Waals surface area contributed by atoms with E-state index in [0.717, 1.165) is 0 Å². The van der Waals surface area contributed by atoms with Crippen molar-refractivity contribution in [2.24, 2.45) is 0 Å². The first-order chi connectivity index (χ1) is 14.4. The quantitative estimate of drug-likeness (QED) is 0.533. The lowest BCUT2D eigenvalue weighted by molar-refractivity contribution is -0.140. The molecule has 0 saturated heterocycles. The molecule has 10 heteroatoms. The van der Waals surface area contributed by atoms with E-state index in [1.165, 1.54) is 19.2 Å². The van der Waals surface area contributed by atoms with Crippen molar-refractivity contribution in [3.05, 3.63) is 48.0 Å². The van der Waals surface area contributed by atoms with E-state index in [1.807, 2.05) is 0 Å². The Kier molecular flexibility index (Phi) is 6.16. The number of amides is 3. The van der Waals surface area contributed by atoms with E-state index in [9.17, 15) is 19.2 Å². The van der Waals surface area contributed by atoms with Gasteiger partial charge in [0.2, 0.25) is 5.91 Å². The van der Waals surface area contributed by atoms with Crippen molar-refractivity contribution in [3.63, 3.8) is 0 Å². The summed E-state index contributed by atoms with van der Waals surface area (Å²) in [5.41, 5.74) is 0.249. The van der Waals surface area contributed by atoms with Crippen LogP contribution < -0.4 is 20.7 Å². The predicted molar refractivity (Wildman–Crippen MR) is 106 cm³/mol. The van der Waals surface area contributed by atoms with Crippen LogP contribution in [0.15, 0.2) is 42.5 Å². The van der Waals surface area contributed by atoms with Gasteiger partial charge in [0.1, 0.15) is 11.8 Å². The summed E-state index contributed by atoms with van der Waals surface area (Å²) in [6.07, 6.45) is -1.35. The molecule has 10 nitrogen and oxygen atoms in total. The van der Waals surface area contributed by atoms with Crippen LogP contribution in [0.1, 0.15) is 23.2 Å².